The van der Waals surface area contributed by atoms with E-state index in [4.69, 9.17) is 18.9 Å². The molecule has 2 saturated heterocycles. The molecule has 11 heteroatoms. The Labute approximate surface area is 221 Å². The fourth-order valence-electron chi connectivity index (χ4n) is 4.66. The number of nitrogens with zero attached hydrogens (tertiary/aromatic N) is 1. The van der Waals surface area contributed by atoms with Crippen LogP contribution in [0.25, 0.3) is 0 Å². The van der Waals surface area contributed by atoms with Crippen molar-refractivity contribution in [1.82, 2.24) is 4.90 Å². The predicted octanol–water partition coefficient (Wildman–Crippen LogP) is -0.688. The molecule has 2 aromatic carbocycles. The Bertz CT molecular complexity index is 891. The van der Waals surface area contributed by atoms with Crippen LogP contribution in [0.15, 0.2) is 60.7 Å². The number of ether oxygens (including phenoxy) is 4. The van der Waals surface area contributed by atoms with E-state index in [2.05, 4.69) is 0 Å². The standard InChI is InChI=1S/C27H37NO10/c1-28(12-18(29)22(33)24-20(31)14-35-26(37-24)16-8-4-2-5-9-16)13-19(30)23(34)25-21(32)15-36-27(38-25)17-10-6-3-7-11-17/h2-11,18-27,29-34H,12-15H2,1H3/t18-,19-,20+,21+,22+,23+,24+,25+,26?,27?/m0/s1. The fraction of sp³-hybridized carbons (Fsp3) is 0.556. The summed E-state index contributed by atoms with van der Waals surface area (Å²) < 4.78 is 22.6. The van der Waals surface area contributed by atoms with Crippen molar-refractivity contribution < 1.29 is 49.6 Å². The molecular formula is C27H37NO10. The van der Waals surface area contributed by atoms with E-state index < -0.39 is 61.4 Å². The third-order valence-corrected chi connectivity index (χ3v) is 6.76. The third-order valence-electron chi connectivity index (χ3n) is 6.76. The minimum absolute atomic E-state index is 0.0772. The van der Waals surface area contributed by atoms with Crippen molar-refractivity contribution >= 4 is 0 Å². The zero-order valence-corrected chi connectivity index (χ0v) is 21.1. The van der Waals surface area contributed by atoms with Crippen molar-refractivity contribution in [3.63, 3.8) is 0 Å². The van der Waals surface area contributed by atoms with Crippen LogP contribution in [0.3, 0.4) is 0 Å². The maximum absolute atomic E-state index is 10.7. The predicted molar refractivity (Wildman–Crippen MR) is 134 cm³/mol. The lowest BCUT2D eigenvalue weighted by Crippen LogP contribution is -2.55. The summed E-state index contributed by atoms with van der Waals surface area (Å²) in [6, 6.07) is 18.1. The third kappa shape index (κ3) is 7.14. The Hall–Kier alpha value is -2.00. The van der Waals surface area contributed by atoms with Crippen LogP contribution in [-0.4, -0.2) is 118 Å². The lowest BCUT2D eigenvalue weighted by atomic mass is 10.00. The highest BCUT2D eigenvalue weighted by Gasteiger charge is 2.41. The van der Waals surface area contributed by atoms with Crippen LogP contribution in [-0.2, 0) is 18.9 Å². The SMILES string of the molecule is CN(C[C@H](O)[C@@H](O)[C@@H]1OC(c2ccccc2)OC[C@H]1O)C[C@H](O)[C@@H](O)[C@@H]1OC(c2ccccc2)OC[C@H]1O. The van der Waals surface area contributed by atoms with Gasteiger partial charge in [-0.15, -0.1) is 0 Å². The molecule has 0 aromatic heterocycles. The molecule has 2 heterocycles. The molecule has 0 radical (unpaired) electrons. The Morgan fingerprint density at radius 2 is 1.05 bits per heavy atom. The number of aliphatic hydroxyl groups excluding tert-OH is 6. The highest BCUT2D eigenvalue weighted by molar-refractivity contribution is 5.17. The number of aliphatic hydroxyl groups is 6. The van der Waals surface area contributed by atoms with Gasteiger partial charge in [-0.25, -0.2) is 0 Å². The van der Waals surface area contributed by atoms with E-state index in [1.165, 1.54) is 4.90 Å². The first-order valence-corrected chi connectivity index (χ1v) is 12.7. The molecule has 2 fully saturated rings. The van der Waals surface area contributed by atoms with Crippen molar-refractivity contribution in [1.29, 1.82) is 0 Å². The second-order valence-corrected chi connectivity index (χ2v) is 9.83. The van der Waals surface area contributed by atoms with E-state index in [0.29, 0.717) is 11.1 Å². The molecular weight excluding hydrogens is 498 g/mol. The van der Waals surface area contributed by atoms with Crippen LogP contribution in [0.2, 0.25) is 0 Å². The zero-order valence-electron chi connectivity index (χ0n) is 21.1. The van der Waals surface area contributed by atoms with Gasteiger partial charge in [-0.05, 0) is 7.05 Å². The average Bonchev–Trinajstić information content (AvgIpc) is 2.93. The van der Waals surface area contributed by atoms with E-state index in [-0.39, 0.29) is 26.3 Å². The number of likely N-dealkylation sites (N-methyl/N-ethyl adjacent to an activating group) is 1. The van der Waals surface area contributed by atoms with Gasteiger partial charge in [0.25, 0.3) is 0 Å². The Morgan fingerprint density at radius 1 is 0.684 bits per heavy atom. The van der Waals surface area contributed by atoms with E-state index >= 15 is 0 Å². The zero-order chi connectivity index (χ0) is 27.2. The Morgan fingerprint density at radius 3 is 1.42 bits per heavy atom. The minimum Gasteiger partial charge on any atom is -0.389 e. The van der Waals surface area contributed by atoms with Gasteiger partial charge in [0.1, 0.15) is 36.6 Å². The second-order valence-electron chi connectivity index (χ2n) is 9.83. The molecule has 2 aliphatic heterocycles. The minimum atomic E-state index is -1.45. The summed E-state index contributed by atoms with van der Waals surface area (Å²) >= 11 is 0. The molecule has 0 aliphatic carbocycles. The van der Waals surface area contributed by atoms with Crippen LogP contribution >= 0.6 is 0 Å². The molecule has 2 aromatic rings. The Kier molecular flexibility index (Phi) is 10.2. The van der Waals surface area contributed by atoms with E-state index in [1.54, 1.807) is 31.3 Å². The summed E-state index contributed by atoms with van der Waals surface area (Å²) in [4.78, 5) is 1.52. The molecule has 4 rings (SSSR count). The van der Waals surface area contributed by atoms with E-state index in [0.717, 1.165) is 0 Å². The number of rotatable bonds is 10. The van der Waals surface area contributed by atoms with Gasteiger partial charge in [0.05, 0.1) is 25.4 Å². The normalized spacial score (nSPS) is 31.5. The van der Waals surface area contributed by atoms with Gasteiger partial charge in [-0.1, -0.05) is 60.7 Å². The fourth-order valence-corrected chi connectivity index (χ4v) is 4.66. The largest absolute Gasteiger partial charge is 0.389 e. The van der Waals surface area contributed by atoms with Crippen LogP contribution < -0.4 is 0 Å². The van der Waals surface area contributed by atoms with Gasteiger partial charge >= 0.3 is 0 Å². The van der Waals surface area contributed by atoms with Crippen molar-refractivity contribution in [2.24, 2.45) is 0 Å². The van der Waals surface area contributed by atoms with Gasteiger partial charge in [0.2, 0.25) is 0 Å². The first-order chi connectivity index (χ1) is 18.2. The van der Waals surface area contributed by atoms with E-state index in [9.17, 15) is 30.6 Å². The molecule has 0 spiro atoms. The van der Waals surface area contributed by atoms with Gasteiger partial charge in [0.15, 0.2) is 12.6 Å². The van der Waals surface area contributed by atoms with Crippen LogP contribution in [0.5, 0.6) is 0 Å². The maximum Gasteiger partial charge on any atom is 0.184 e. The molecule has 2 aliphatic rings. The topological polar surface area (TPSA) is 162 Å². The summed E-state index contributed by atoms with van der Waals surface area (Å²) in [5, 5.41) is 63.5. The quantitative estimate of drug-likeness (QED) is 0.228. The maximum atomic E-state index is 10.7. The number of hydrogen-bond donors (Lipinski definition) is 6. The van der Waals surface area contributed by atoms with E-state index in [1.807, 2.05) is 36.4 Å². The number of benzene rings is 2. The summed E-state index contributed by atoms with van der Waals surface area (Å²) in [6.45, 7) is -0.352. The van der Waals surface area contributed by atoms with Crippen molar-refractivity contribution in [2.45, 2.75) is 61.4 Å². The van der Waals surface area contributed by atoms with Crippen molar-refractivity contribution in [2.75, 3.05) is 33.4 Å². The molecule has 38 heavy (non-hydrogen) atoms. The molecule has 0 bridgehead atoms. The molecule has 6 N–H and O–H groups in total. The van der Waals surface area contributed by atoms with Gasteiger partial charge in [-0.2, -0.15) is 0 Å². The molecule has 11 nitrogen and oxygen atoms in total. The summed E-state index contributed by atoms with van der Waals surface area (Å²) in [5.74, 6) is 0. The first kappa shape index (κ1) is 29.0. The summed E-state index contributed by atoms with van der Waals surface area (Å²) in [5.41, 5.74) is 1.43. The second kappa shape index (κ2) is 13.4. The van der Waals surface area contributed by atoms with Gasteiger partial charge in [-0.3, -0.25) is 0 Å². The van der Waals surface area contributed by atoms with Crippen LogP contribution in [0.4, 0.5) is 0 Å². The van der Waals surface area contributed by atoms with Gasteiger partial charge < -0.3 is 54.5 Å². The summed E-state index contributed by atoms with van der Waals surface area (Å²) in [6.07, 6.45) is -11.7. The first-order valence-electron chi connectivity index (χ1n) is 12.7. The molecule has 10 atom stereocenters. The van der Waals surface area contributed by atoms with Crippen LogP contribution in [0.1, 0.15) is 23.7 Å². The Balaban J connectivity index is 1.29. The molecule has 0 amide bonds. The molecule has 0 saturated carbocycles. The summed E-state index contributed by atoms with van der Waals surface area (Å²) in [7, 11) is 1.59. The molecule has 210 valence electrons. The van der Waals surface area contributed by atoms with Crippen LogP contribution in [0, 0.1) is 0 Å². The van der Waals surface area contributed by atoms with Crippen molar-refractivity contribution in [3.05, 3.63) is 71.8 Å². The highest BCUT2D eigenvalue weighted by Crippen LogP contribution is 2.30. The molecule has 2 unspecified atom stereocenters. The number of hydrogen-bond acceptors (Lipinski definition) is 11. The van der Waals surface area contributed by atoms with Gasteiger partial charge in [0, 0.05) is 24.2 Å². The monoisotopic (exact) mass is 535 g/mol. The average molecular weight is 536 g/mol. The lowest BCUT2D eigenvalue weighted by Gasteiger charge is -2.39. The smallest absolute Gasteiger partial charge is 0.184 e. The highest BCUT2D eigenvalue weighted by atomic mass is 16.7. The van der Waals surface area contributed by atoms with Crippen molar-refractivity contribution in [3.8, 4) is 0 Å². The lowest BCUT2D eigenvalue weighted by molar-refractivity contribution is -0.284.